The lowest BCUT2D eigenvalue weighted by atomic mass is 10.3. The first kappa shape index (κ1) is 5.41. The maximum absolute atomic E-state index is 12.4. The van der Waals surface area contributed by atoms with Crippen LogP contribution in [-0.4, -0.2) is 4.98 Å². The van der Waals surface area contributed by atoms with E-state index in [2.05, 4.69) is 4.98 Å². The van der Waals surface area contributed by atoms with Gasteiger partial charge in [0, 0.05) is 6.07 Å². The molecule has 0 saturated carbocycles. The van der Waals surface area contributed by atoms with Crippen LogP contribution in [0.4, 0.5) is 4.39 Å². The topological polar surface area (TPSA) is 26.0 Å². The Kier molecular flexibility index (Phi) is 0.974. The SMILES string of the molecule is [18F]c1ccc2ocnc2c1. The third-order valence-electron chi connectivity index (χ3n) is 1.29. The second-order valence-electron chi connectivity index (χ2n) is 1.96. The summed E-state index contributed by atoms with van der Waals surface area (Å²) in [6, 6.07) is 4.23. The van der Waals surface area contributed by atoms with Gasteiger partial charge in [0.2, 0.25) is 0 Å². The first-order valence-electron chi connectivity index (χ1n) is 2.85. The molecule has 50 valence electrons. The van der Waals surface area contributed by atoms with Gasteiger partial charge in [-0.3, -0.25) is 0 Å². The molecule has 3 heteroatoms. The van der Waals surface area contributed by atoms with Crippen molar-refractivity contribution in [3.63, 3.8) is 0 Å². The van der Waals surface area contributed by atoms with Crippen LogP contribution in [0.1, 0.15) is 0 Å². The molecule has 0 atom stereocenters. The van der Waals surface area contributed by atoms with Gasteiger partial charge >= 0.3 is 0 Å². The summed E-state index contributed by atoms with van der Waals surface area (Å²) in [5, 5.41) is 0. The molecule has 1 aromatic heterocycles. The van der Waals surface area contributed by atoms with Gasteiger partial charge in [-0.15, -0.1) is 0 Å². The Balaban J connectivity index is 2.86. The molecule has 1 aromatic carbocycles. The number of hydrogen-bond acceptors (Lipinski definition) is 2. The first-order chi connectivity index (χ1) is 4.86. The highest BCUT2D eigenvalue weighted by Gasteiger charge is 1.97. The fourth-order valence-corrected chi connectivity index (χ4v) is 0.831. The number of aromatic nitrogens is 1. The average molecular weight is 136 g/mol. The smallest absolute Gasteiger partial charge is 0.181 e. The maximum atomic E-state index is 12.4. The normalized spacial score (nSPS) is 10.5. The van der Waals surface area contributed by atoms with Crippen LogP contribution in [0.3, 0.4) is 0 Å². The largest absolute Gasteiger partial charge is 0.443 e. The van der Waals surface area contributed by atoms with Gasteiger partial charge in [-0.1, -0.05) is 0 Å². The van der Waals surface area contributed by atoms with Crippen molar-refractivity contribution in [2.45, 2.75) is 0 Å². The van der Waals surface area contributed by atoms with Crippen LogP contribution in [0.5, 0.6) is 0 Å². The molecule has 0 fully saturated rings. The zero-order chi connectivity index (χ0) is 6.97. The Hall–Kier alpha value is -1.38. The Morgan fingerprint density at radius 2 is 2.30 bits per heavy atom. The molecule has 1 heterocycles. The van der Waals surface area contributed by atoms with E-state index in [1.54, 1.807) is 6.07 Å². The highest BCUT2D eigenvalue weighted by Crippen LogP contribution is 2.12. The molecule has 0 amide bonds. The summed E-state index contributed by atoms with van der Waals surface area (Å²) >= 11 is 0. The van der Waals surface area contributed by atoms with E-state index in [1.165, 1.54) is 18.5 Å². The quantitative estimate of drug-likeness (QED) is 0.553. The molecule has 10 heavy (non-hydrogen) atoms. The van der Waals surface area contributed by atoms with Crippen molar-refractivity contribution in [2.24, 2.45) is 0 Å². The number of hydrogen-bond donors (Lipinski definition) is 0. The van der Waals surface area contributed by atoms with Crippen molar-refractivity contribution < 1.29 is 8.81 Å². The minimum atomic E-state index is -0.290. The molecule has 0 radical (unpaired) electrons. The molecule has 0 saturated heterocycles. The predicted octanol–water partition coefficient (Wildman–Crippen LogP) is 1.97. The Morgan fingerprint density at radius 1 is 1.40 bits per heavy atom. The average Bonchev–Trinajstić information content (AvgIpc) is 2.33. The van der Waals surface area contributed by atoms with E-state index in [4.69, 9.17) is 4.42 Å². The predicted molar refractivity (Wildman–Crippen MR) is 34.0 cm³/mol. The zero-order valence-electron chi connectivity index (χ0n) is 5.04. The third kappa shape index (κ3) is 0.673. The molecule has 2 rings (SSSR count). The van der Waals surface area contributed by atoms with E-state index in [1.807, 2.05) is 0 Å². The molecule has 2 aromatic rings. The summed E-state index contributed by atoms with van der Waals surface area (Å²) in [4.78, 5) is 3.77. The van der Waals surface area contributed by atoms with E-state index in [-0.39, 0.29) is 5.82 Å². The number of halogens is 1. The van der Waals surface area contributed by atoms with Crippen molar-refractivity contribution >= 4 is 11.1 Å². The van der Waals surface area contributed by atoms with Crippen molar-refractivity contribution in [1.82, 2.24) is 4.98 Å². The maximum Gasteiger partial charge on any atom is 0.181 e. The molecular formula is C7H4FNO. The molecule has 0 N–H and O–H groups in total. The van der Waals surface area contributed by atoms with Gasteiger partial charge in [0.1, 0.15) is 11.3 Å². The zero-order valence-corrected chi connectivity index (χ0v) is 5.04. The summed E-state index contributed by atoms with van der Waals surface area (Å²) < 4.78 is 17.3. The number of nitrogens with zero attached hydrogens (tertiary/aromatic N) is 1. The third-order valence-corrected chi connectivity index (χ3v) is 1.29. The lowest BCUT2D eigenvalue weighted by Crippen LogP contribution is -1.71. The number of benzene rings is 1. The van der Waals surface area contributed by atoms with E-state index in [0.29, 0.717) is 11.1 Å². The molecule has 0 unspecified atom stereocenters. The van der Waals surface area contributed by atoms with Gasteiger partial charge in [-0.05, 0) is 12.1 Å². The number of fused-ring (bicyclic) bond motifs is 1. The summed E-state index contributed by atoms with van der Waals surface area (Å²) in [5.74, 6) is -0.290. The van der Waals surface area contributed by atoms with Crippen molar-refractivity contribution in [2.75, 3.05) is 0 Å². The van der Waals surface area contributed by atoms with Crippen LogP contribution in [0.25, 0.3) is 11.1 Å². The van der Waals surface area contributed by atoms with Crippen molar-refractivity contribution in [3.05, 3.63) is 30.4 Å². The molecule has 2 nitrogen and oxygen atoms in total. The highest BCUT2D eigenvalue weighted by molar-refractivity contribution is 5.71. The molecule has 0 spiro atoms. The Bertz CT molecular complexity index is 355. The monoisotopic (exact) mass is 136 g/mol. The van der Waals surface area contributed by atoms with Crippen LogP contribution in [-0.2, 0) is 0 Å². The van der Waals surface area contributed by atoms with Gasteiger partial charge in [-0.2, -0.15) is 0 Å². The lowest BCUT2D eigenvalue weighted by molar-refractivity contribution is 0.599. The van der Waals surface area contributed by atoms with E-state index in [9.17, 15) is 4.39 Å². The second-order valence-corrected chi connectivity index (χ2v) is 1.96. The Morgan fingerprint density at radius 3 is 3.20 bits per heavy atom. The van der Waals surface area contributed by atoms with Crippen molar-refractivity contribution in [3.8, 4) is 0 Å². The number of oxazole rings is 1. The first-order valence-corrected chi connectivity index (χ1v) is 2.85. The van der Waals surface area contributed by atoms with Crippen molar-refractivity contribution in [1.29, 1.82) is 0 Å². The molecule has 0 aliphatic rings. The standard InChI is InChI=1S/C7H4FNO/c8-5-1-2-7-6(3-5)9-4-10-7/h1-4H/i8-1. The van der Waals surface area contributed by atoms with E-state index in [0.717, 1.165) is 0 Å². The van der Waals surface area contributed by atoms with Gasteiger partial charge in [0.15, 0.2) is 12.0 Å². The second kappa shape index (κ2) is 1.80. The minimum absolute atomic E-state index is 0.290. The van der Waals surface area contributed by atoms with Crippen LogP contribution >= 0.6 is 0 Å². The van der Waals surface area contributed by atoms with E-state index < -0.39 is 0 Å². The summed E-state index contributed by atoms with van der Waals surface area (Å²) in [5.41, 5.74) is 1.17. The highest BCUT2D eigenvalue weighted by atomic mass is 18.2. The molecule has 0 aliphatic heterocycles. The van der Waals surface area contributed by atoms with Crippen LogP contribution in [0.2, 0.25) is 0 Å². The molecule has 0 bridgehead atoms. The summed E-state index contributed by atoms with van der Waals surface area (Å²) in [6.45, 7) is 0. The molecule has 0 aliphatic carbocycles. The van der Waals surface area contributed by atoms with Crippen LogP contribution in [0.15, 0.2) is 29.0 Å². The van der Waals surface area contributed by atoms with Crippen LogP contribution < -0.4 is 0 Å². The van der Waals surface area contributed by atoms with Crippen LogP contribution in [0, 0.1) is 5.82 Å². The van der Waals surface area contributed by atoms with Gasteiger partial charge in [-0.25, -0.2) is 9.37 Å². The van der Waals surface area contributed by atoms with Gasteiger partial charge in [0.25, 0.3) is 0 Å². The molecular weight excluding hydrogens is 132 g/mol. The summed E-state index contributed by atoms with van der Waals surface area (Å²) in [7, 11) is 0. The fraction of sp³-hybridized carbons (Fsp3) is 0. The van der Waals surface area contributed by atoms with Gasteiger partial charge < -0.3 is 4.42 Å². The Labute approximate surface area is 56.3 Å². The fourth-order valence-electron chi connectivity index (χ4n) is 0.831. The summed E-state index contributed by atoms with van der Waals surface area (Å²) in [6.07, 6.45) is 1.30. The minimum Gasteiger partial charge on any atom is -0.443 e. The number of rotatable bonds is 0. The van der Waals surface area contributed by atoms with E-state index >= 15 is 0 Å². The lowest BCUT2D eigenvalue weighted by Gasteiger charge is -1.84. The van der Waals surface area contributed by atoms with Gasteiger partial charge in [0.05, 0.1) is 0 Å².